The first-order valence-electron chi connectivity index (χ1n) is 6.40. The highest BCUT2D eigenvalue weighted by molar-refractivity contribution is 5.97. The zero-order chi connectivity index (χ0) is 15.3. The van der Waals surface area contributed by atoms with Crippen LogP contribution in [0.4, 0.5) is 11.4 Å². The number of amides is 1. The molecule has 0 saturated carbocycles. The first-order chi connectivity index (χ1) is 9.35. The molecule has 110 valence electrons. The van der Waals surface area contributed by atoms with Crippen LogP contribution in [0.5, 0.6) is 0 Å². The molecule has 0 radical (unpaired) electrons. The minimum atomic E-state index is -0.503. The number of esters is 1. The summed E-state index contributed by atoms with van der Waals surface area (Å²) < 4.78 is 4.70. The van der Waals surface area contributed by atoms with Crippen molar-refractivity contribution < 1.29 is 14.3 Å². The Balaban J connectivity index is 2.91. The van der Waals surface area contributed by atoms with Crippen molar-refractivity contribution in [2.75, 3.05) is 18.2 Å². The SMILES string of the molecule is COC(=O)c1cc(N)ccc1NC(C)C(=O)NC(C)C. The molecule has 0 aliphatic carbocycles. The van der Waals surface area contributed by atoms with Crippen LogP contribution >= 0.6 is 0 Å². The average molecular weight is 279 g/mol. The molecule has 0 spiro atoms. The number of rotatable bonds is 5. The lowest BCUT2D eigenvalue weighted by Crippen LogP contribution is -2.41. The molecule has 0 aliphatic rings. The predicted molar refractivity (Wildman–Crippen MR) is 78.6 cm³/mol. The van der Waals surface area contributed by atoms with Gasteiger partial charge in [-0.1, -0.05) is 0 Å². The minimum Gasteiger partial charge on any atom is -0.465 e. The van der Waals surface area contributed by atoms with Crippen LogP contribution in [0.1, 0.15) is 31.1 Å². The predicted octanol–water partition coefficient (Wildman–Crippen LogP) is 1.38. The summed E-state index contributed by atoms with van der Waals surface area (Å²) in [5.41, 5.74) is 6.93. The van der Waals surface area contributed by atoms with Crippen LogP contribution in [0.15, 0.2) is 18.2 Å². The van der Waals surface area contributed by atoms with Gasteiger partial charge in [0.2, 0.25) is 5.91 Å². The molecule has 6 nitrogen and oxygen atoms in total. The first kappa shape index (κ1) is 15.8. The van der Waals surface area contributed by atoms with E-state index in [1.165, 1.54) is 13.2 Å². The van der Waals surface area contributed by atoms with Crippen LogP contribution in [0.3, 0.4) is 0 Å². The summed E-state index contributed by atoms with van der Waals surface area (Å²) in [5.74, 6) is -0.649. The summed E-state index contributed by atoms with van der Waals surface area (Å²) in [6.07, 6.45) is 0. The Bertz CT molecular complexity index is 500. The maximum Gasteiger partial charge on any atom is 0.340 e. The van der Waals surface area contributed by atoms with Crippen molar-refractivity contribution in [3.05, 3.63) is 23.8 Å². The molecule has 1 unspecified atom stereocenters. The topological polar surface area (TPSA) is 93.4 Å². The second kappa shape index (κ2) is 6.79. The van der Waals surface area contributed by atoms with Crippen LogP contribution in [0.25, 0.3) is 0 Å². The molecule has 1 rings (SSSR count). The highest BCUT2D eigenvalue weighted by Gasteiger charge is 2.18. The first-order valence-corrected chi connectivity index (χ1v) is 6.40. The number of nitrogens with one attached hydrogen (secondary N) is 2. The van der Waals surface area contributed by atoms with Gasteiger partial charge in [-0.2, -0.15) is 0 Å². The van der Waals surface area contributed by atoms with Gasteiger partial charge in [-0.3, -0.25) is 4.79 Å². The molecule has 0 aliphatic heterocycles. The van der Waals surface area contributed by atoms with Crippen LogP contribution in [0, 0.1) is 0 Å². The number of carbonyl (C=O) groups excluding carboxylic acids is 2. The van der Waals surface area contributed by atoms with Crippen molar-refractivity contribution in [2.24, 2.45) is 0 Å². The van der Waals surface area contributed by atoms with Crippen LogP contribution in [-0.2, 0) is 9.53 Å². The van der Waals surface area contributed by atoms with Gasteiger partial charge >= 0.3 is 5.97 Å². The number of anilines is 2. The number of hydrogen-bond donors (Lipinski definition) is 3. The van der Waals surface area contributed by atoms with Crippen LogP contribution in [-0.4, -0.2) is 31.1 Å². The van der Waals surface area contributed by atoms with Gasteiger partial charge in [0.1, 0.15) is 6.04 Å². The van der Waals surface area contributed by atoms with E-state index in [0.29, 0.717) is 16.9 Å². The van der Waals surface area contributed by atoms with Gasteiger partial charge in [0.05, 0.1) is 12.7 Å². The smallest absolute Gasteiger partial charge is 0.340 e. The third kappa shape index (κ3) is 4.15. The third-order valence-electron chi connectivity index (χ3n) is 2.65. The lowest BCUT2D eigenvalue weighted by atomic mass is 10.1. The second-order valence-corrected chi connectivity index (χ2v) is 4.83. The maximum absolute atomic E-state index is 11.9. The van der Waals surface area contributed by atoms with E-state index in [1.807, 2.05) is 13.8 Å². The molecule has 1 aromatic carbocycles. The summed E-state index contributed by atoms with van der Waals surface area (Å²) in [7, 11) is 1.30. The van der Waals surface area contributed by atoms with E-state index in [-0.39, 0.29) is 11.9 Å². The summed E-state index contributed by atoms with van der Waals surface area (Å²) in [4.78, 5) is 23.6. The van der Waals surface area contributed by atoms with E-state index in [9.17, 15) is 9.59 Å². The highest BCUT2D eigenvalue weighted by Crippen LogP contribution is 2.20. The quantitative estimate of drug-likeness (QED) is 0.559. The Hall–Kier alpha value is -2.24. The van der Waals surface area contributed by atoms with Gasteiger partial charge in [-0.05, 0) is 39.0 Å². The van der Waals surface area contributed by atoms with Gasteiger partial charge < -0.3 is 21.1 Å². The Morgan fingerprint density at radius 2 is 1.90 bits per heavy atom. The number of benzene rings is 1. The number of hydrogen-bond acceptors (Lipinski definition) is 5. The lowest BCUT2D eigenvalue weighted by Gasteiger charge is -2.18. The summed E-state index contributed by atoms with van der Waals surface area (Å²) in [5, 5.41) is 5.78. The van der Waals surface area contributed by atoms with Gasteiger partial charge in [-0.15, -0.1) is 0 Å². The van der Waals surface area contributed by atoms with E-state index in [0.717, 1.165) is 0 Å². The summed E-state index contributed by atoms with van der Waals surface area (Å²) in [6.45, 7) is 5.48. The number of nitrogens with two attached hydrogens (primary N) is 1. The Morgan fingerprint density at radius 1 is 1.25 bits per heavy atom. The standard InChI is InChI=1S/C14H21N3O3/c1-8(2)16-13(18)9(3)17-12-6-5-10(15)7-11(12)14(19)20-4/h5-9,17H,15H2,1-4H3,(H,16,18). The molecule has 0 bridgehead atoms. The Kier molecular flexibility index (Phi) is 5.37. The molecular formula is C14H21N3O3. The molecule has 0 aromatic heterocycles. The summed E-state index contributed by atoms with van der Waals surface area (Å²) >= 11 is 0. The monoisotopic (exact) mass is 279 g/mol. The number of methoxy groups -OCH3 is 1. The molecule has 0 heterocycles. The molecule has 1 amide bonds. The number of nitrogen functional groups attached to an aromatic ring is 1. The van der Waals surface area contributed by atoms with Crippen molar-refractivity contribution in [1.82, 2.24) is 5.32 Å². The van der Waals surface area contributed by atoms with Crippen LogP contribution < -0.4 is 16.4 Å². The van der Waals surface area contributed by atoms with Crippen molar-refractivity contribution in [1.29, 1.82) is 0 Å². The van der Waals surface area contributed by atoms with Gasteiger partial charge in [0.15, 0.2) is 0 Å². The average Bonchev–Trinajstić information content (AvgIpc) is 2.38. The van der Waals surface area contributed by atoms with E-state index < -0.39 is 12.0 Å². The van der Waals surface area contributed by atoms with Gasteiger partial charge in [-0.25, -0.2) is 4.79 Å². The zero-order valence-electron chi connectivity index (χ0n) is 12.2. The molecule has 6 heteroatoms. The van der Waals surface area contributed by atoms with E-state index in [2.05, 4.69) is 10.6 Å². The molecular weight excluding hydrogens is 258 g/mol. The fourth-order valence-electron chi connectivity index (χ4n) is 1.67. The van der Waals surface area contributed by atoms with Crippen molar-refractivity contribution in [3.63, 3.8) is 0 Å². The lowest BCUT2D eigenvalue weighted by molar-refractivity contribution is -0.122. The summed E-state index contributed by atoms with van der Waals surface area (Å²) in [6, 6.07) is 4.40. The number of carbonyl (C=O) groups is 2. The largest absolute Gasteiger partial charge is 0.465 e. The fourth-order valence-corrected chi connectivity index (χ4v) is 1.67. The molecule has 0 fully saturated rings. The maximum atomic E-state index is 11.9. The fraction of sp³-hybridized carbons (Fsp3) is 0.429. The molecule has 0 saturated heterocycles. The highest BCUT2D eigenvalue weighted by atomic mass is 16.5. The van der Waals surface area contributed by atoms with Gasteiger partial charge in [0, 0.05) is 17.4 Å². The molecule has 1 atom stereocenters. The molecule has 20 heavy (non-hydrogen) atoms. The van der Waals surface area contributed by atoms with Crippen molar-refractivity contribution in [3.8, 4) is 0 Å². The Labute approximate surface area is 118 Å². The Morgan fingerprint density at radius 3 is 2.45 bits per heavy atom. The van der Waals surface area contributed by atoms with Crippen molar-refractivity contribution >= 4 is 23.3 Å². The van der Waals surface area contributed by atoms with E-state index >= 15 is 0 Å². The van der Waals surface area contributed by atoms with Crippen molar-refractivity contribution in [2.45, 2.75) is 32.9 Å². The minimum absolute atomic E-state index is 0.0539. The van der Waals surface area contributed by atoms with Crippen LogP contribution in [0.2, 0.25) is 0 Å². The molecule has 4 N–H and O–H groups in total. The van der Waals surface area contributed by atoms with Gasteiger partial charge in [0.25, 0.3) is 0 Å². The number of ether oxygens (including phenoxy) is 1. The third-order valence-corrected chi connectivity index (χ3v) is 2.65. The second-order valence-electron chi connectivity index (χ2n) is 4.83. The zero-order valence-corrected chi connectivity index (χ0v) is 12.2. The van der Waals surface area contributed by atoms with E-state index in [4.69, 9.17) is 10.5 Å². The molecule has 1 aromatic rings. The normalized spacial score (nSPS) is 11.8. The van der Waals surface area contributed by atoms with E-state index in [1.54, 1.807) is 19.1 Å².